The number of rotatable bonds is 7. The molecule has 3 unspecified atom stereocenters. The molecule has 0 spiro atoms. The lowest BCUT2D eigenvalue weighted by atomic mass is 9.67. The summed E-state index contributed by atoms with van der Waals surface area (Å²) in [4.78, 5) is 12.2. The first-order valence-corrected chi connectivity index (χ1v) is 10.2. The Hall–Kier alpha value is 0.200. The number of carbonyl (C=O) groups excluding carboxylic acids is 1. The predicted molar refractivity (Wildman–Crippen MR) is 93.2 cm³/mol. The number of hydrogen-bond acceptors (Lipinski definition) is 1. The maximum atomic E-state index is 12.2. The molecule has 0 bridgehead atoms. The van der Waals surface area contributed by atoms with Gasteiger partial charge in [-0.25, -0.2) is 0 Å². The molecule has 1 amide bonds. The first kappa shape index (κ1) is 16.6. The molecule has 1 N–H and O–H groups in total. The second-order valence-electron chi connectivity index (χ2n) is 6.71. The van der Waals surface area contributed by atoms with Crippen molar-refractivity contribution >= 4 is 28.5 Å². The molecular formula is C17H30INO. The number of amides is 1. The second kappa shape index (κ2) is 9.26. The van der Waals surface area contributed by atoms with Gasteiger partial charge in [-0.2, -0.15) is 0 Å². The number of alkyl halides is 1. The summed E-state index contributed by atoms with van der Waals surface area (Å²) in [5.41, 5.74) is 0. The van der Waals surface area contributed by atoms with E-state index in [9.17, 15) is 4.79 Å². The van der Waals surface area contributed by atoms with E-state index in [0.29, 0.717) is 11.8 Å². The van der Waals surface area contributed by atoms with Crippen LogP contribution >= 0.6 is 22.6 Å². The van der Waals surface area contributed by atoms with Crippen LogP contribution in [0.4, 0.5) is 0 Å². The van der Waals surface area contributed by atoms with Gasteiger partial charge < -0.3 is 5.32 Å². The minimum Gasteiger partial charge on any atom is -0.356 e. The Morgan fingerprint density at radius 3 is 2.50 bits per heavy atom. The number of unbranched alkanes of at least 4 members (excludes halogenated alkanes) is 3. The standard InChI is InChI=1S/C17H30INO/c18-11-5-1-2-6-12-19-17(20)16-10-9-14-7-3-4-8-15(14)13-16/h14-16H,1-13H2,(H,19,20). The lowest BCUT2D eigenvalue weighted by Gasteiger charge is -2.38. The number of halogens is 1. The molecule has 2 rings (SSSR count). The molecule has 2 aliphatic carbocycles. The third kappa shape index (κ3) is 5.19. The van der Waals surface area contributed by atoms with Crippen LogP contribution in [0, 0.1) is 17.8 Å². The highest BCUT2D eigenvalue weighted by Gasteiger charge is 2.34. The van der Waals surface area contributed by atoms with Gasteiger partial charge in [0.2, 0.25) is 5.91 Å². The topological polar surface area (TPSA) is 29.1 Å². The van der Waals surface area contributed by atoms with E-state index in [1.54, 1.807) is 0 Å². The summed E-state index contributed by atoms with van der Waals surface area (Å²) in [7, 11) is 0. The highest BCUT2D eigenvalue weighted by molar-refractivity contribution is 14.1. The minimum atomic E-state index is 0.323. The Kier molecular flexibility index (Phi) is 7.68. The van der Waals surface area contributed by atoms with Crippen LogP contribution in [0.25, 0.3) is 0 Å². The van der Waals surface area contributed by atoms with E-state index in [4.69, 9.17) is 0 Å². The molecule has 0 aromatic carbocycles. The van der Waals surface area contributed by atoms with Gasteiger partial charge in [-0.05, 0) is 48.4 Å². The normalized spacial score (nSPS) is 29.8. The zero-order chi connectivity index (χ0) is 14.2. The highest BCUT2D eigenvalue weighted by Crippen LogP contribution is 2.42. The fourth-order valence-corrected chi connectivity index (χ4v) is 4.58. The van der Waals surface area contributed by atoms with Crippen molar-refractivity contribution in [2.75, 3.05) is 11.0 Å². The fourth-order valence-electron chi connectivity index (χ4n) is 4.04. The molecule has 0 radical (unpaired) electrons. The second-order valence-corrected chi connectivity index (χ2v) is 7.79. The van der Waals surface area contributed by atoms with Gasteiger partial charge in [-0.3, -0.25) is 4.79 Å². The molecule has 0 aromatic rings. The van der Waals surface area contributed by atoms with Crippen LogP contribution in [0.1, 0.15) is 70.6 Å². The van der Waals surface area contributed by atoms with Gasteiger partial charge in [0, 0.05) is 12.5 Å². The molecule has 2 aliphatic rings. The number of fused-ring (bicyclic) bond motifs is 1. The molecule has 0 heterocycles. The number of nitrogens with one attached hydrogen (secondary N) is 1. The maximum Gasteiger partial charge on any atom is 0.223 e. The molecule has 2 nitrogen and oxygen atoms in total. The first-order valence-electron chi connectivity index (χ1n) is 8.65. The van der Waals surface area contributed by atoms with Gasteiger partial charge in [0.1, 0.15) is 0 Å². The van der Waals surface area contributed by atoms with Crippen LogP contribution in [0.3, 0.4) is 0 Å². The third-order valence-electron chi connectivity index (χ3n) is 5.27. The molecule has 0 aromatic heterocycles. The van der Waals surface area contributed by atoms with Crippen LogP contribution in [-0.4, -0.2) is 16.9 Å². The molecule has 0 saturated heterocycles. The van der Waals surface area contributed by atoms with Crippen LogP contribution < -0.4 is 5.32 Å². The maximum absolute atomic E-state index is 12.2. The van der Waals surface area contributed by atoms with Gasteiger partial charge in [-0.1, -0.05) is 61.1 Å². The van der Waals surface area contributed by atoms with E-state index in [-0.39, 0.29) is 0 Å². The quantitative estimate of drug-likeness (QED) is 0.380. The van der Waals surface area contributed by atoms with E-state index >= 15 is 0 Å². The fraction of sp³-hybridized carbons (Fsp3) is 0.941. The van der Waals surface area contributed by atoms with E-state index in [0.717, 1.165) is 31.2 Å². The zero-order valence-electron chi connectivity index (χ0n) is 12.7. The zero-order valence-corrected chi connectivity index (χ0v) is 14.9. The molecule has 3 heteroatoms. The van der Waals surface area contributed by atoms with Crippen LogP contribution in [0.2, 0.25) is 0 Å². The van der Waals surface area contributed by atoms with E-state index in [1.165, 1.54) is 62.2 Å². The summed E-state index contributed by atoms with van der Waals surface area (Å²) >= 11 is 2.43. The summed E-state index contributed by atoms with van der Waals surface area (Å²) in [5.74, 6) is 2.48. The van der Waals surface area contributed by atoms with Gasteiger partial charge in [0.25, 0.3) is 0 Å². The largest absolute Gasteiger partial charge is 0.356 e. The SMILES string of the molecule is O=C(NCCCCCCI)C1CCC2CCCCC2C1. The van der Waals surface area contributed by atoms with Crippen molar-refractivity contribution in [3.63, 3.8) is 0 Å². The Balaban J connectivity index is 1.60. The van der Waals surface area contributed by atoms with Crippen molar-refractivity contribution in [1.82, 2.24) is 5.32 Å². The van der Waals surface area contributed by atoms with Crippen molar-refractivity contribution in [2.24, 2.45) is 17.8 Å². The predicted octanol–water partition coefficient (Wildman–Crippen LogP) is 4.70. The third-order valence-corrected chi connectivity index (χ3v) is 6.03. The molecule has 2 saturated carbocycles. The molecule has 3 atom stereocenters. The lowest BCUT2D eigenvalue weighted by Crippen LogP contribution is -2.37. The van der Waals surface area contributed by atoms with Crippen molar-refractivity contribution < 1.29 is 4.79 Å². The van der Waals surface area contributed by atoms with Gasteiger partial charge in [0.15, 0.2) is 0 Å². The van der Waals surface area contributed by atoms with E-state index in [2.05, 4.69) is 27.9 Å². The molecule has 0 aliphatic heterocycles. The van der Waals surface area contributed by atoms with Crippen LogP contribution in [0.5, 0.6) is 0 Å². The van der Waals surface area contributed by atoms with Crippen molar-refractivity contribution in [3.8, 4) is 0 Å². The lowest BCUT2D eigenvalue weighted by molar-refractivity contribution is -0.127. The van der Waals surface area contributed by atoms with Gasteiger partial charge in [-0.15, -0.1) is 0 Å². The smallest absolute Gasteiger partial charge is 0.223 e. The summed E-state index contributed by atoms with van der Waals surface area (Å²) in [6, 6.07) is 0. The average molecular weight is 391 g/mol. The monoisotopic (exact) mass is 391 g/mol. The van der Waals surface area contributed by atoms with Crippen LogP contribution in [0.15, 0.2) is 0 Å². The molecular weight excluding hydrogens is 361 g/mol. The number of hydrogen-bond donors (Lipinski definition) is 1. The van der Waals surface area contributed by atoms with E-state index in [1.807, 2.05) is 0 Å². The molecule has 20 heavy (non-hydrogen) atoms. The van der Waals surface area contributed by atoms with Crippen molar-refractivity contribution in [3.05, 3.63) is 0 Å². The Labute approximate surface area is 138 Å². The van der Waals surface area contributed by atoms with Gasteiger partial charge in [0.05, 0.1) is 0 Å². The summed E-state index contributed by atoms with van der Waals surface area (Å²) < 4.78 is 1.26. The van der Waals surface area contributed by atoms with Crippen molar-refractivity contribution in [2.45, 2.75) is 70.6 Å². The number of carbonyl (C=O) groups is 1. The summed E-state index contributed by atoms with van der Waals surface area (Å²) in [6.07, 6.45) is 14.3. The Bertz CT molecular complexity index is 295. The summed E-state index contributed by atoms with van der Waals surface area (Å²) in [5, 5.41) is 3.18. The Morgan fingerprint density at radius 1 is 0.950 bits per heavy atom. The van der Waals surface area contributed by atoms with Crippen LogP contribution in [-0.2, 0) is 4.79 Å². The first-order chi connectivity index (χ1) is 9.81. The van der Waals surface area contributed by atoms with Gasteiger partial charge >= 0.3 is 0 Å². The minimum absolute atomic E-state index is 0.323. The van der Waals surface area contributed by atoms with Crippen molar-refractivity contribution in [1.29, 1.82) is 0 Å². The summed E-state index contributed by atoms with van der Waals surface area (Å²) in [6.45, 7) is 0.894. The highest BCUT2D eigenvalue weighted by atomic mass is 127. The Morgan fingerprint density at radius 2 is 1.70 bits per heavy atom. The van der Waals surface area contributed by atoms with E-state index < -0.39 is 0 Å². The molecule has 116 valence electrons. The molecule has 2 fully saturated rings. The average Bonchev–Trinajstić information content (AvgIpc) is 2.50.